The van der Waals surface area contributed by atoms with Gasteiger partial charge in [0.1, 0.15) is 5.54 Å². The van der Waals surface area contributed by atoms with Crippen molar-refractivity contribution < 1.29 is 30.0 Å². The van der Waals surface area contributed by atoms with Crippen LogP contribution in [-0.2, 0) is 9.59 Å². The molecule has 4 atom stereocenters. The predicted molar refractivity (Wildman–Crippen MR) is 61.2 cm³/mol. The molecule has 0 bridgehead atoms. The summed E-state index contributed by atoms with van der Waals surface area (Å²) in [5, 5.41) is 37.7. The van der Waals surface area contributed by atoms with Gasteiger partial charge in [0, 0.05) is 12.3 Å². The van der Waals surface area contributed by atoms with Gasteiger partial charge in [0.2, 0.25) is 0 Å². The highest BCUT2D eigenvalue weighted by atomic mass is 35.5. The maximum Gasteiger partial charge on any atom is 0.335 e. The zero-order valence-corrected chi connectivity index (χ0v) is 10.3. The lowest BCUT2D eigenvalue weighted by Crippen LogP contribution is -2.69. The van der Waals surface area contributed by atoms with Crippen molar-refractivity contribution in [3.05, 3.63) is 0 Å². The Balaban J connectivity index is 3.12. The molecule has 6 N–H and O–H groups in total. The van der Waals surface area contributed by atoms with Crippen molar-refractivity contribution in [1.29, 1.82) is 0 Å². The second-order valence-corrected chi connectivity index (χ2v) is 5.05. The van der Waals surface area contributed by atoms with Crippen LogP contribution in [0.5, 0.6) is 0 Å². The molecule has 1 rings (SSSR count). The molecule has 104 valence electrons. The van der Waals surface area contributed by atoms with Gasteiger partial charge in [-0.2, -0.15) is 0 Å². The quantitative estimate of drug-likeness (QED) is 0.415. The normalized spacial score (nSPS) is 40.4. The van der Waals surface area contributed by atoms with Crippen LogP contribution in [0.3, 0.4) is 0 Å². The van der Waals surface area contributed by atoms with Gasteiger partial charge in [-0.25, -0.2) is 4.79 Å². The largest absolute Gasteiger partial charge is 0.480 e. The zero-order chi connectivity index (χ0) is 14.1. The second-order valence-electron chi connectivity index (χ2n) is 4.67. The minimum absolute atomic E-state index is 0.0549. The standard InChI is InChI=1S/C10H16ClNO6/c11-2-1-5-3-9(18,7(14)15)4-6(13)10(5,12)8(16)17/h5-6,13,18H,1-4,12H2,(H,14,15)(H,16,17)/t5-,6+,9-,10+/m0/s1. The Bertz CT molecular complexity index is 364. The summed E-state index contributed by atoms with van der Waals surface area (Å²) in [7, 11) is 0. The Morgan fingerprint density at radius 1 is 1.28 bits per heavy atom. The van der Waals surface area contributed by atoms with Crippen LogP contribution in [-0.4, -0.2) is 55.5 Å². The number of alkyl halides is 1. The van der Waals surface area contributed by atoms with Crippen molar-refractivity contribution in [3.8, 4) is 0 Å². The molecule has 0 unspecified atom stereocenters. The first-order chi connectivity index (χ1) is 8.18. The van der Waals surface area contributed by atoms with E-state index >= 15 is 0 Å². The number of carboxylic acids is 2. The van der Waals surface area contributed by atoms with Gasteiger partial charge in [-0.05, 0) is 18.8 Å². The Hall–Kier alpha value is -0.890. The third-order valence-corrected chi connectivity index (χ3v) is 3.79. The molecular weight excluding hydrogens is 266 g/mol. The summed E-state index contributed by atoms with van der Waals surface area (Å²) in [6, 6.07) is 0. The molecule has 0 aromatic rings. The third kappa shape index (κ3) is 2.31. The van der Waals surface area contributed by atoms with E-state index in [1.807, 2.05) is 0 Å². The summed E-state index contributed by atoms with van der Waals surface area (Å²) in [4.78, 5) is 22.2. The molecule has 0 aliphatic heterocycles. The SMILES string of the molecule is N[C@]1(C(=O)O)[C@@H](CCCl)C[C@@](O)(C(=O)O)C[C@H]1O. The fraction of sp³-hybridized carbons (Fsp3) is 0.800. The van der Waals surface area contributed by atoms with E-state index in [1.165, 1.54) is 0 Å². The summed E-state index contributed by atoms with van der Waals surface area (Å²) < 4.78 is 0. The molecule has 7 nitrogen and oxygen atoms in total. The highest BCUT2D eigenvalue weighted by Crippen LogP contribution is 2.40. The smallest absolute Gasteiger partial charge is 0.335 e. The second kappa shape index (κ2) is 5.00. The molecular formula is C10H16ClNO6. The number of hydrogen-bond acceptors (Lipinski definition) is 5. The maximum absolute atomic E-state index is 11.2. The molecule has 1 aliphatic carbocycles. The van der Waals surface area contributed by atoms with E-state index in [-0.39, 0.29) is 18.7 Å². The maximum atomic E-state index is 11.2. The van der Waals surface area contributed by atoms with Gasteiger partial charge in [0.25, 0.3) is 0 Å². The first-order valence-electron chi connectivity index (χ1n) is 5.40. The number of aliphatic hydroxyl groups is 2. The minimum atomic E-state index is -2.17. The van der Waals surface area contributed by atoms with E-state index in [0.29, 0.717) is 0 Å². The summed E-state index contributed by atoms with van der Waals surface area (Å²) in [5.74, 6) is -3.80. The van der Waals surface area contributed by atoms with Crippen LogP contribution in [0.2, 0.25) is 0 Å². The van der Waals surface area contributed by atoms with E-state index < -0.39 is 41.5 Å². The molecule has 0 aromatic heterocycles. The van der Waals surface area contributed by atoms with Crippen LogP contribution in [0.15, 0.2) is 0 Å². The zero-order valence-electron chi connectivity index (χ0n) is 9.54. The van der Waals surface area contributed by atoms with E-state index in [0.717, 1.165) is 0 Å². The Labute approximate surface area is 108 Å². The lowest BCUT2D eigenvalue weighted by molar-refractivity contribution is -0.182. The van der Waals surface area contributed by atoms with Crippen molar-refractivity contribution in [3.63, 3.8) is 0 Å². The van der Waals surface area contributed by atoms with Gasteiger partial charge >= 0.3 is 11.9 Å². The number of rotatable bonds is 4. The molecule has 1 saturated carbocycles. The van der Waals surface area contributed by atoms with E-state index in [4.69, 9.17) is 27.5 Å². The van der Waals surface area contributed by atoms with Crippen LogP contribution in [0, 0.1) is 5.92 Å². The van der Waals surface area contributed by atoms with Gasteiger partial charge in [-0.1, -0.05) is 0 Å². The lowest BCUT2D eigenvalue weighted by atomic mass is 9.64. The van der Waals surface area contributed by atoms with Crippen molar-refractivity contribution in [1.82, 2.24) is 0 Å². The fourth-order valence-corrected chi connectivity index (χ4v) is 2.65. The van der Waals surface area contributed by atoms with Gasteiger partial charge in [-0.15, -0.1) is 11.6 Å². The molecule has 8 heteroatoms. The molecule has 0 saturated heterocycles. The minimum Gasteiger partial charge on any atom is -0.480 e. The third-order valence-electron chi connectivity index (χ3n) is 3.57. The van der Waals surface area contributed by atoms with Gasteiger partial charge in [0.05, 0.1) is 6.10 Å². The summed E-state index contributed by atoms with van der Waals surface area (Å²) in [6.07, 6.45) is -2.53. The molecule has 0 amide bonds. The number of carboxylic acid groups (broad SMARTS) is 2. The van der Waals surface area contributed by atoms with E-state index in [2.05, 4.69) is 0 Å². The van der Waals surface area contributed by atoms with Gasteiger partial charge < -0.3 is 26.2 Å². The van der Waals surface area contributed by atoms with Crippen molar-refractivity contribution in [2.75, 3.05) is 5.88 Å². The molecule has 1 aliphatic rings. The molecule has 18 heavy (non-hydrogen) atoms. The van der Waals surface area contributed by atoms with Crippen molar-refractivity contribution >= 4 is 23.5 Å². The number of carbonyl (C=O) groups is 2. The Morgan fingerprint density at radius 3 is 2.22 bits per heavy atom. The molecule has 0 radical (unpaired) electrons. The van der Waals surface area contributed by atoms with Crippen LogP contribution >= 0.6 is 11.6 Å². The highest BCUT2D eigenvalue weighted by Gasteiger charge is 2.58. The average Bonchev–Trinajstić information content (AvgIpc) is 2.25. The number of halogens is 1. The van der Waals surface area contributed by atoms with Gasteiger partial charge in [-0.3, -0.25) is 4.79 Å². The van der Waals surface area contributed by atoms with Crippen molar-refractivity contribution in [2.24, 2.45) is 11.7 Å². The number of nitrogens with two attached hydrogens (primary N) is 1. The molecule has 0 aromatic carbocycles. The Morgan fingerprint density at radius 2 is 1.83 bits per heavy atom. The highest BCUT2D eigenvalue weighted by molar-refractivity contribution is 6.17. The van der Waals surface area contributed by atoms with Crippen LogP contribution < -0.4 is 5.73 Å². The van der Waals surface area contributed by atoms with E-state index in [1.54, 1.807) is 0 Å². The number of hydrogen-bond donors (Lipinski definition) is 5. The summed E-state index contributed by atoms with van der Waals surface area (Å²) in [6.45, 7) is 0. The lowest BCUT2D eigenvalue weighted by Gasteiger charge is -2.46. The van der Waals surface area contributed by atoms with Crippen LogP contribution in [0.4, 0.5) is 0 Å². The Kier molecular flexibility index (Phi) is 4.22. The fourth-order valence-electron chi connectivity index (χ4n) is 2.39. The first kappa shape index (κ1) is 15.2. The first-order valence-corrected chi connectivity index (χ1v) is 5.94. The van der Waals surface area contributed by atoms with Crippen LogP contribution in [0.25, 0.3) is 0 Å². The number of aliphatic carboxylic acids is 2. The number of aliphatic hydroxyl groups excluding tert-OH is 1. The monoisotopic (exact) mass is 281 g/mol. The molecule has 1 fully saturated rings. The van der Waals surface area contributed by atoms with Crippen molar-refractivity contribution in [2.45, 2.75) is 36.5 Å². The molecule has 0 spiro atoms. The summed E-state index contributed by atoms with van der Waals surface area (Å²) in [5.41, 5.74) is 1.52. The predicted octanol–water partition coefficient (Wildman–Crippen LogP) is -1.02. The van der Waals surface area contributed by atoms with Gasteiger partial charge in [0.15, 0.2) is 5.60 Å². The summed E-state index contributed by atoms with van der Waals surface area (Å²) >= 11 is 5.53. The molecule has 0 heterocycles. The van der Waals surface area contributed by atoms with E-state index in [9.17, 15) is 19.8 Å². The van der Waals surface area contributed by atoms with Crippen LogP contribution in [0.1, 0.15) is 19.3 Å². The topological polar surface area (TPSA) is 141 Å². The average molecular weight is 282 g/mol.